The van der Waals surface area contributed by atoms with Crippen molar-refractivity contribution in [1.29, 1.82) is 0 Å². The summed E-state index contributed by atoms with van der Waals surface area (Å²) in [6.07, 6.45) is 1.01. The first-order chi connectivity index (χ1) is 8.18. The molecule has 0 radical (unpaired) electrons. The molecule has 1 aromatic carbocycles. The lowest BCUT2D eigenvalue weighted by atomic mass is 10.2. The lowest BCUT2D eigenvalue weighted by Crippen LogP contribution is -2.37. The van der Waals surface area contributed by atoms with Crippen molar-refractivity contribution in [1.82, 2.24) is 5.32 Å². The standard InChI is InChI=1S/C14H24N2O/c1-12(15)10-16-13(2)8-9-17-11-14-6-4-3-5-7-14/h3-7,12-13,16H,8-11,15H2,1-2H3/t12-,13?/m0/s1. The highest BCUT2D eigenvalue weighted by molar-refractivity contribution is 5.13. The van der Waals surface area contributed by atoms with Gasteiger partial charge in [0.05, 0.1) is 6.61 Å². The molecule has 0 saturated heterocycles. The molecular weight excluding hydrogens is 212 g/mol. The number of nitrogens with two attached hydrogens (primary N) is 1. The second-order valence-corrected chi connectivity index (χ2v) is 4.61. The van der Waals surface area contributed by atoms with Crippen LogP contribution in [0, 0.1) is 0 Å². The molecule has 96 valence electrons. The van der Waals surface area contributed by atoms with Crippen LogP contribution in [0.1, 0.15) is 25.8 Å². The van der Waals surface area contributed by atoms with E-state index in [-0.39, 0.29) is 6.04 Å². The average molecular weight is 236 g/mol. The van der Waals surface area contributed by atoms with E-state index >= 15 is 0 Å². The molecule has 0 heterocycles. The molecule has 1 aromatic rings. The van der Waals surface area contributed by atoms with Crippen LogP contribution in [0.25, 0.3) is 0 Å². The van der Waals surface area contributed by atoms with Crippen molar-refractivity contribution >= 4 is 0 Å². The maximum atomic E-state index is 5.68. The van der Waals surface area contributed by atoms with Gasteiger partial charge in [-0.2, -0.15) is 0 Å². The van der Waals surface area contributed by atoms with Crippen LogP contribution in [-0.4, -0.2) is 25.2 Å². The molecular formula is C14H24N2O. The van der Waals surface area contributed by atoms with Crippen LogP contribution in [-0.2, 0) is 11.3 Å². The molecule has 0 aromatic heterocycles. The zero-order valence-electron chi connectivity index (χ0n) is 10.9. The fourth-order valence-electron chi connectivity index (χ4n) is 1.51. The van der Waals surface area contributed by atoms with E-state index in [4.69, 9.17) is 10.5 Å². The van der Waals surface area contributed by atoms with E-state index in [2.05, 4.69) is 24.4 Å². The molecule has 0 aliphatic rings. The highest BCUT2D eigenvalue weighted by Crippen LogP contribution is 2.01. The number of rotatable bonds is 8. The van der Waals surface area contributed by atoms with Crippen LogP contribution in [0.4, 0.5) is 0 Å². The van der Waals surface area contributed by atoms with Gasteiger partial charge in [0, 0.05) is 25.2 Å². The summed E-state index contributed by atoms with van der Waals surface area (Å²) in [7, 11) is 0. The quantitative estimate of drug-likeness (QED) is 0.678. The molecule has 0 aliphatic carbocycles. The van der Waals surface area contributed by atoms with Gasteiger partial charge in [-0.3, -0.25) is 0 Å². The maximum Gasteiger partial charge on any atom is 0.0716 e. The van der Waals surface area contributed by atoms with Crippen molar-refractivity contribution in [2.45, 2.75) is 39.0 Å². The number of hydrogen-bond donors (Lipinski definition) is 2. The molecule has 0 fully saturated rings. The average Bonchev–Trinajstić information content (AvgIpc) is 2.33. The Morgan fingerprint density at radius 1 is 1.24 bits per heavy atom. The summed E-state index contributed by atoms with van der Waals surface area (Å²) in [5, 5.41) is 3.38. The van der Waals surface area contributed by atoms with Gasteiger partial charge in [-0.25, -0.2) is 0 Å². The molecule has 0 aliphatic heterocycles. The minimum Gasteiger partial charge on any atom is -0.377 e. The van der Waals surface area contributed by atoms with E-state index in [9.17, 15) is 0 Å². The van der Waals surface area contributed by atoms with Gasteiger partial charge in [0.15, 0.2) is 0 Å². The number of hydrogen-bond acceptors (Lipinski definition) is 3. The Morgan fingerprint density at radius 3 is 2.59 bits per heavy atom. The van der Waals surface area contributed by atoms with E-state index in [0.717, 1.165) is 19.6 Å². The topological polar surface area (TPSA) is 47.3 Å². The smallest absolute Gasteiger partial charge is 0.0716 e. The summed E-state index contributed by atoms with van der Waals surface area (Å²) in [5.74, 6) is 0. The highest BCUT2D eigenvalue weighted by Gasteiger charge is 2.02. The third-order valence-corrected chi connectivity index (χ3v) is 2.60. The van der Waals surface area contributed by atoms with E-state index < -0.39 is 0 Å². The van der Waals surface area contributed by atoms with Crippen LogP contribution in [0.5, 0.6) is 0 Å². The summed E-state index contributed by atoms with van der Waals surface area (Å²) in [6.45, 7) is 6.50. The van der Waals surface area contributed by atoms with E-state index in [1.54, 1.807) is 0 Å². The Balaban J connectivity index is 2.04. The SMILES string of the molecule is CC(CCOCc1ccccc1)NC[C@H](C)N. The maximum absolute atomic E-state index is 5.68. The second kappa shape index (κ2) is 8.23. The molecule has 3 N–H and O–H groups in total. The predicted octanol–water partition coefficient (Wildman–Crippen LogP) is 1.92. The lowest BCUT2D eigenvalue weighted by Gasteiger charge is -2.15. The highest BCUT2D eigenvalue weighted by atomic mass is 16.5. The van der Waals surface area contributed by atoms with E-state index in [1.165, 1.54) is 5.56 Å². The Hall–Kier alpha value is -0.900. The van der Waals surface area contributed by atoms with E-state index in [0.29, 0.717) is 12.6 Å². The van der Waals surface area contributed by atoms with Gasteiger partial charge in [-0.1, -0.05) is 30.3 Å². The molecule has 3 heteroatoms. The van der Waals surface area contributed by atoms with Crippen LogP contribution in [0.3, 0.4) is 0 Å². The Bertz CT molecular complexity index is 288. The first-order valence-corrected chi connectivity index (χ1v) is 6.29. The van der Waals surface area contributed by atoms with Crippen molar-refractivity contribution in [3.05, 3.63) is 35.9 Å². The fourth-order valence-corrected chi connectivity index (χ4v) is 1.51. The van der Waals surface area contributed by atoms with Crippen molar-refractivity contribution in [3.63, 3.8) is 0 Å². The molecule has 0 saturated carbocycles. The van der Waals surface area contributed by atoms with Gasteiger partial charge in [-0.05, 0) is 25.8 Å². The monoisotopic (exact) mass is 236 g/mol. The van der Waals surface area contributed by atoms with Crippen molar-refractivity contribution in [2.75, 3.05) is 13.2 Å². The molecule has 0 bridgehead atoms. The first kappa shape index (κ1) is 14.2. The zero-order chi connectivity index (χ0) is 12.5. The lowest BCUT2D eigenvalue weighted by molar-refractivity contribution is 0.112. The Labute approximate surface area is 104 Å². The number of benzene rings is 1. The minimum atomic E-state index is 0.211. The van der Waals surface area contributed by atoms with Crippen LogP contribution in [0.15, 0.2) is 30.3 Å². The fraction of sp³-hybridized carbons (Fsp3) is 0.571. The van der Waals surface area contributed by atoms with Gasteiger partial charge < -0.3 is 15.8 Å². The molecule has 3 nitrogen and oxygen atoms in total. The van der Waals surface area contributed by atoms with Crippen LogP contribution >= 0.6 is 0 Å². The number of nitrogens with one attached hydrogen (secondary N) is 1. The van der Waals surface area contributed by atoms with Gasteiger partial charge in [0.2, 0.25) is 0 Å². The van der Waals surface area contributed by atoms with Crippen molar-refractivity contribution in [3.8, 4) is 0 Å². The molecule has 2 atom stereocenters. The van der Waals surface area contributed by atoms with Crippen LogP contribution in [0.2, 0.25) is 0 Å². The summed E-state index contributed by atoms with van der Waals surface area (Å²) >= 11 is 0. The molecule has 0 spiro atoms. The third kappa shape index (κ3) is 7.10. The third-order valence-electron chi connectivity index (χ3n) is 2.60. The largest absolute Gasteiger partial charge is 0.377 e. The predicted molar refractivity (Wildman–Crippen MR) is 71.8 cm³/mol. The summed E-state index contributed by atoms with van der Waals surface area (Å²) in [6, 6.07) is 10.9. The Morgan fingerprint density at radius 2 is 1.94 bits per heavy atom. The molecule has 1 rings (SSSR count). The minimum absolute atomic E-state index is 0.211. The van der Waals surface area contributed by atoms with Gasteiger partial charge >= 0.3 is 0 Å². The van der Waals surface area contributed by atoms with Crippen LogP contribution < -0.4 is 11.1 Å². The van der Waals surface area contributed by atoms with Crippen molar-refractivity contribution < 1.29 is 4.74 Å². The Kier molecular flexibility index (Phi) is 6.86. The summed E-state index contributed by atoms with van der Waals surface area (Å²) in [5.41, 5.74) is 6.90. The van der Waals surface area contributed by atoms with E-state index in [1.807, 2.05) is 25.1 Å². The summed E-state index contributed by atoms with van der Waals surface area (Å²) < 4.78 is 5.63. The van der Waals surface area contributed by atoms with Gasteiger partial charge in [0.1, 0.15) is 0 Å². The summed E-state index contributed by atoms with van der Waals surface area (Å²) in [4.78, 5) is 0. The van der Waals surface area contributed by atoms with Crippen molar-refractivity contribution in [2.24, 2.45) is 5.73 Å². The molecule has 17 heavy (non-hydrogen) atoms. The second-order valence-electron chi connectivity index (χ2n) is 4.61. The molecule has 1 unspecified atom stereocenters. The first-order valence-electron chi connectivity index (χ1n) is 6.29. The normalized spacial score (nSPS) is 14.5. The van der Waals surface area contributed by atoms with Gasteiger partial charge in [0.25, 0.3) is 0 Å². The molecule has 0 amide bonds. The zero-order valence-corrected chi connectivity index (χ0v) is 10.9. The van der Waals surface area contributed by atoms with Gasteiger partial charge in [-0.15, -0.1) is 0 Å². The number of ether oxygens (including phenoxy) is 1.